The van der Waals surface area contributed by atoms with Gasteiger partial charge < -0.3 is 14.6 Å². The number of carbonyl (C=O) groups excluding carboxylic acids is 3. The van der Waals surface area contributed by atoms with Crippen molar-refractivity contribution in [3.8, 4) is 5.75 Å². The molecular weight excluding hydrogens is 396 g/mol. The first-order valence-corrected chi connectivity index (χ1v) is 10.1. The zero-order valence-corrected chi connectivity index (χ0v) is 18.0. The van der Waals surface area contributed by atoms with Gasteiger partial charge in [0.05, 0.1) is 17.9 Å². The molecule has 0 fully saturated rings. The Hall–Kier alpha value is -3.25. The van der Waals surface area contributed by atoms with E-state index in [2.05, 4.69) is 0 Å². The average molecular weight is 424 g/mol. The van der Waals surface area contributed by atoms with E-state index in [0.717, 1.165) is 5.56 Å². The summed E-state index contributed by atoms with van der Waals surface area (Å²) in [5.41, 5.74) is 0.515. The normalized spacial score (nSPS) is 12.4. The SMILES string of the molecule is CC(CC(C)(C)C(=O)OCCO)C(=O)Oc1ccc(C(=O)/C=C/c2ccccc2)cc1. The van der Waals surface area contributed by atoms with Gasteiger partial charge in [0, 0.05) is 5.56 Å². The number of esters is 2. The number of carbonyl (C=O) groups is 3. The van der Waals surface area contributed by atoms with Crippen LogP contribution in [0.3, 0.4) is 0 Å². The second-order valence-electron chi connectivity index (χ2n) is 7.90. The Balaban J connectivity index is 1.92. The van der Waals surface area contributed by atoms with Gasteiger partial charge >= 0.3 is 11.9 Å². The molecule has 164 valence electrons. The quantitative estimate of drug-likeness (QED) is 0.268. The van der Waals surface area contributed by atoms with E-state index in [9.17, 15) is 14.4 Å². The lowest BCUT2D eigenvalue weighted by Gasteiger charge is -2.25. The van der Waals surface area contributed by atoms with Crippen LogP contribution in [0.5, 0.6) is 5.75 Å². The first-order valence-electron chi connectivity index (χ1n) is 10.1. The number of benzene rings is 2. The monoisotopic (exact) mass is 424 g/mol. The summed E-state index contributed by atoms with van der Waals surface area (Å²) in [7, 11) is 0. The predicted molar refractivity (Wildman–Crippen MR) is 117 cm³/mol. The number of allylic oxidation sites excluding steroid dienone is 1. The molecule has 0 bridgehead atoms. The molecule has 0 aliphatic rings. The zero-order chi connectivity index (χ0) is 22.9. The van der Waals surface area contributed by atoms with Gasteiger partial charge in [0.15, 0.2) is 5.78 Å². The summed E-state index contributed by atoms with van der Waals surface area (Å²) in [6, 6.07) is 15.8. The largest absolute Gasteiger partial charge is 0.463 e. The van der Waals surface area contributed by atoms with Crippen LogP contribution >= 0.6 is 0 Å². The summed E-state index contributed by atoms with van der Waals surface area (Å²) in [4.78, 5) is 36.8. The fraction of sp³-hybridized carbons (Fsp3) is 0.320. The molecular formula is C25H28O6. The van der Waals surface area contributed by atoms with Crippen molar-refractivity contribution >= 4 is 23.8 Å². The van der Waals surface area contributed by atoms with Gasteiger partial charge in [-0.2, -0.15) is 0 Å². The van der Waals surface area contributed by atoms with Crippen molar-refractivity contribution < 1.29 is 29.0 Å². The molecule has 0 radical (unpaired) electrons. The van der Waals surface area contributed by atoms with Crippen LogP contribution in [-0.4, -0.2) is 36.0 Å². The van der Waals surface area contributed by atoms with E-state index in [-0.39, 0.29) is 25.4 Å². The molecule has 31 heavy (non-hydrogen) atoms. The maximum Gasteiger partial charge on any atom is 0.314 e. The Morgan fingerprint density at radius 1 is 1.03 bits per heavy atom. The summed E-state index contributed by atoms with van der Waals surface area (Å²) in [5, 5.41) is 8.77. The molecule has 0 amide bonds. The lowest BCUT2D eigenvalue weighted by Crippen LogP contribution is -2.32. The lowest BCUT2D eigenvalue weighted by molar-refractivity contribution is -0.156. The van der Waals surface area contributed by atoms with Crippen LogP contribution in [0.4, 0.5) is 0 Å². The van der Waals surface area contributed by atoms with Crippen molar-refractivity contribution in [2.45, 2.75) is 27.2 Å². The lowest BCUT2D eigenvalue weighted by atomic mass is 9.83. The number of aliphatic hydroxyl groups excluding tert-OH is 1. The molecule has 0 heterocycles. The summed E-state index contributed by atoms with van der Waals surface area (Å²) < 4.78 is 10.3. The number of rotatable bonds is 10. The van der Waals surface area contributed by atoms with Gasteiger partial charge in [-0.05, 0) is 56.2 Å². The van der Waals surface area contributed by atoms with Crippen molar-refractivity contribution in [1.29, 1.82) is 0 Å². The molecule has 6 heteroatoms. The minimum absolute atomic E-state index is 0.0767. The average Bonchev–Trinajstić information content (AvgIpc) is 2.76. The van der Waals surface area contributed by atoms with Crippen molar-refractivity contribution in [3.05, 3.63) is 71.8 Å². The Bertz CT molecular complexity index is 913. The number of hydrogen-bond donors (Lipinski definition) is 1. The van der Waals surface area contributed by atoms with Crippen LogP contribution < -0.4 is 4.74 Å². The van der Waals surface area contributed by atoms with Gasteiger partial charge in [0.25, 0.3) is 0 Å². The standard InChI is InChI=1S/C25H28O6/c1-18(17-25(2,3)24(29)30-16-15-26)23(28)31-21-12-10-20(11-13-21)22(27)14-9-19-7-5-4-6-8-19/h4-14,18,26H,15-17H2,1-3H3/b14-9+. The Morgan fingerprint density at radius 3 is 2.29 bits per heavy atom. The third-order valence-electron chi connectivity index (χ3n) is 4.68. The highest BCUT2D eigenvalue weighted by atomic mass is 16.5. The fourth-order valence-electron chi connectivity index (χ4n) is 3.00. The second-order valence-corrected chi connectivity index (χ2v) is 7.90. The third kappa shape index (κ3) is 7.50. The first kappa shape index (κ1) is 24.0. The molecule has 2 aromatic rings. The minimum atomic E-state index is -0.894. The van der Waals surface area contributed by atoms with E-state index in [1.165, 1.54) is 6.08 Å². The summed E-state index contributed by atoms with van der Waals surface area (Å²) in [6.07, 6.45) is 3.47. The van der Waals surface area contributed by atoms with Gasteiger partial charge in [0.2, 0.25) is 0 Å². The van der Waals surface area contributed by atoms with Crippen LogP contribution in [0.2, 0.25) is 0 Å². The molecule has 0 aliphatic heterocycles. The molecule has 1 unspecified atom stereocenters. The Morgan fingerprint density at radius 2 is 1.68 bits per heavy atom. The molecule has 0 spiro atoms. The van der Waals surface area contributed by atoms with E-state index in [1.54, 1.807) is 51.1 Å². The molecule has 0 saturated carbocycles. The molecule has 0 saturated heterocycles. The van der Waals surface area contributed by atoms with Crippen molar-refractivity contribution in [3.63, 3.8) is 0 Å². The summed E-state index contributed by atoms with van der Waals surface area (Å²) in [6.45, 7) is 4.71. The highest BCUT2D eigenvalue weighted by Crippen LogP contribution is 2.28. The van der Waals surface area contributed by atoms with Crippen molar-refractivity contribution in [2.75, 3.05) is 13.2 Å². The minimum Gasteiger partial charge on any atom is -0.463 e. The Kier molecular flexibility index (Phi) is 8.70. The number of ketones is 1. The van der Waals surface area contributed by atoms with E-state index in [0.29, 0.717) is 11.3 Å². The number of ether oxygens (including phenoxy) is 2. The van der Waals surface area contributed by atoms with Gasteiger partial charge in [-0.1, -0.05) is 43.3 Å². The van der Waals surface area contributed by atoms with Crippen LogP contribution in [-0.2, 0) is 14.3 Å². The Labute approximate surface area is 182 Å². The van der Waals surface area contributed by atoms with Crippen LogP contribution in [0, 0.1) is 11.3 Å². The fourth-order valence-corrected chi connectivity index (χ4v) is 3.00. The van der Waals surface area contributed by atoms with Crippen LogP contribution in [0.15, 0.2) is 60.7 Å². The maximum absolute atomic E-state index is 12.4. The second kappa shape index (κ2) is 11.2. The molecule has 6 nitrogen and oxygen atoms in total. The zero-order valence-electron chi connectivity index (χ0n) is 18.0. The van der Waals surface area contributed by atoms with Gasteiger partial charge in [-0.3, -0.25) is 14.4 Å². The molecule has 1 N–H and O–H groups in total. The van der Waals surface area contributed by atoms with E-state index in [1.807, 2.05) is 30.3 Å². The van der Waals surface area contributed by atoms with Crippen LogP contribution in [0.25, 0.3) is 6.08 Å². The van der Waals surface area contributed by atoms with Gasteiger partial charge in [0.1, 0.15) is 12.4 Å². The maximum atomic E-state index is 12.4. The highest BCUT2D eigenvalue weighted by Gasteiger charge is 2.34. The molecule has 1 atom stereocenters. The first-order chi connectivity index (χ1) is 14.7. The van der Waals surface area contributed by atoms with E-state index >= 15 is 0 Å². The highest BCUT2D eigenvalue weighted by molar-refractivity contribution is 6.06. The smallest absolute Gasteiger partial charge is 0.314 e. The van der Waals surface area contributed by atoms with Crippen LogP contribution in [0.1, 0.15) is 43.1 Å². The topological polar surface area (TPSA) is 89.9 Å². The van der Waals surface area contributed by atoms with Crippen molar-refractivity contribution in [2.24, 2.45) is 11.3 Å². The molecule has 2 aromatic carbocycles. The molecule has 2 rings (SSSR count). The molecule has 0 aliphatic carbocycles. The van der Waals surface area contributed by atoms with Crippen molar-refractivity contribution in [1.82, 2.24) is 0 Å². The van der Waals surface area contributed by atoms with E-state index < -0.39 is 23.3 Å². The van der Waals surface area contributed by atoms with Gasteiger partial charge in [-0.25, -0.2) is 0 Å². The van der Waals surface area contributed by atoms with Gasteiger partial charge in [-0.15, -0.1) is 0 Å². The third-order valence-corrected chi connectivity index (χ3v) is 4.68. The summed E-state index contributed by atoms with van der Waals surface area (Å²) >= 11 is 0. The predicted octanol–water partition coefficient (Wildman–Crippen LogP) is 4.08. The molecule has 0 aromatic heterocycles. The summed E-state index contributed by atoms with van der Waals surface area (Å²) in [5.74, 6) is -1.34. The number of hydrogen-bond acceptors (Lipinski definition) is 6. The van der Waals surface area contributed by atoms with E-state index in [4.69, 9.17) is 14.6 Å². The number of aliphatic hydroxyl groups is 1.